The summed E-state index contributed by atoms with van der Waals surface area (Å²) < 4.78 is 2.14. The Balaban J connectivity index is 2.64. The number of hydrogen-bond acceptors (Lipinski definition) is 1. The molecule has 1 unspecified atom stereocenters. The number of allylic oxidation sites excluding steroid dienone is 1. The zero-order valence-corrected chi connectivity index (χ0v) is 11.7. The van der Waals surface area contributed by atoms with Gasteiger partial charge in [-0.25, -0.2) is 0 Å². The summed E-state index contributed by atoms with van der Waals surface area (Å²) >= 11 is 6.95. The largest absolute Gasteiger partial charge is 0.324 e. The molecule has 0 saturated carbocycles. The molecule has 3 heteroatoms. The Morgan fingerprint density at radius 1 is 1.40 bits per heavy atom. The van der Waals surface area contributed by atoms with E-state index in [4.69, 9.17) is 5.73 Å². The first-order valence-electron chi connectivity index (χ1n) is 4.96. The van der Waals surface area contributed by atoms with Gasteiger partial charge in [-0.3, -0.25) is 0 Å². The van der Waals surface area contributed by atoms with Crippen LogP contribution < -0.4 is 5.73 Å². The van der Waals surface area contributed by atoms with E-state index < -0.39 is 0 Å². The summed E-state index contributed by atoms with van der Waals surface area (Å²) in [6, 6.07) is 6.22. The van der Waals surface area contributed by atoms with Crippen molar-refractivity contribution >= 4 is 31.9 Å². The minimum atomic E-state index is 0.104. The summed E-state index contributed by atoms with van der Waals surface area (Å²) in [5.74, 6) is 0. The molecule has 0 amide bonds. The Morgan fingerprint density at radius 2 is 2.13 bits per heavy atom. The fourth-order valence-electron chi connectivity index (χ4n) is 1.44. The third kappa shape index (κ3) is 4.09. The van der Waals surface area contributed by atoms with E-state index in [2.05, 4.69) is 44.5 Å². The second-order valence-corrected chi connectivity index (χ2v) is 5.26. The minimum Gasteiger partial charge on any atom is -0.324 e. The lowest BCUT2D eigenvalue weighted by Crippen LogP contribution is -2.10. The molecule has 0 aliphatic rings. The van der Waals surface area contributed by atoms with Crippen LogP contribution in [0.4, 0.5) is 0 Å². The normalized spacial score (nSPS) is 12.5. The maximum atomic E-state index is 6.11. The summed E-state index contributed by atoms with van der Waals surface area (Å²) in [6.07, 6.45) is 5.05. The Hall–Kier alpha value is -0.120. The third-order valence-electron chi connectivity index (χ3n) is 2.29. The maximum absolute atomic E-state index is 6.11. The number of rotatable bonds is 5. The maximum Gasteiger partial charge on any atom is 0.0306 e. The monoisotopic (exact) mass is 331 g/mol. The van der Waals surface area contributed by atoms with Gasteiger partial charge in [0.1, 0.15) is 0 Å². The van der Waals surface area contributed by atoms with E-state index in [1.54, 1.807) is 0 Å². The SMILES string of the molecule is C=CCCCC(N)c1ccc(Br)cc1Br. The van der Waals surface area contributed by atoms with Crippen LogP contribution in [0.3, 0.4) is 0 Å². The summed E-state index contributed by atoms with van der Waals surface area (Å²) in [4.78, 5) is 0. The van der Waals surface area contributed by atoms with Crippen molar-refractivity contribution in [3.05, 3.63) is 45.4 Å². The van der Waals surface area contributed by atoms with Crippen molar-refractivity contribution in [3.8, 4) is 0 Å². The third-order valence-corrected chi connectivity index (χ3v) is 3.47. The quantitative estimate of drug-likeness (QED) is 0.620. The van der Waals surface area contributed by atoms with Gasteiger partial charge < -0.3 is 5.73 Å². The van der Waals surface area contributed by atoms with Crippen molar-refractivity contribution in [1.82, 2.24) is 0 Å². The van der Waals surface area contributed by atoms with Gasteiger partial charge in [-0.15, -0.1) is 6.58 Å². The molecule has 0 heterocycles. The van der Waals surface area contributed by atoms with E-state index in [0.717, 1.165) is 28.2 Å². The summed E-state index contributed by atoms with van der Waals surface area (Å²) in [7, 11) is 0. The molecule has 0 radical (unpaired) electrons. The van der Waals surface area contributed by atoms with Crippen LogP contribution in [-0.2, 0) is 0 Å². The predicted octanol–water partition coefficient (Wildman–Crippen LogP) is 4.57. The molecular weight excluding hydrogens is 318 g/mol. The van der Waals surface area contributed by atoms with Crippen LogP contribution in [0.15, 0.2) is 39.8 Å². The van der Waals surface area contributed by atoms with Crippen LogP contribution >= 0.6 is 31.9 Å². The molecule has 0 saturated heterocycles. The lowest BCUT2D eigenvalue weighted by molar-refractivity contribution is 0.615. The van der Waals surface area contributed by atoms with Crippen molar-refractivity contribution in [3.63, 3.8) is 0 Å². The zero-order chi connectivity index (χ0) is 11.3. The minimum absolute atomic E-state index is 0.104. The highest BCUT2D eigenvalue weighted by molar-refractivity contribution is 9.11. The first-order chi connectivity index (χ1) is 7.15. The molecule has 0 spiro atoms. The van der Waals surface area contributed by atoms with Crippen LogP contribution in [-0.4, -0.2) is 0 Å². The highest BCUT2D eigenvalue weighted by atomic mass is 79.9. The van der Waals surface area contributed by atoms with E-state index in [-0.39, 0.29) is 6.04 Å². The lowest BCUT2D eigenvalue weighted by Gasteiger charge is -2.13. The Labute approximate surface area is 108 Å². The lowest BCUT2D eigenvalue weighted by atomic mass is 10.0. The fourth-order valence-corrected chi connectivity index (χ4v) is 2.78. The molecule has 15 heavy (non-hydrogen) atoms. The van der Waals surface area contributed by atoms with E-state index in [0.29, 0.717) is 0 Å². The van der Waals surface area contributed by atoms with Crippen molar-refractivity contribution in [2.75, 3.05) is 0 Å². The predicted molar refractivity (Wildman–Crippen MR) is 72.8 cm³/mol. The standard InChI is InChI=1S/C12H15Br2N/c1-2-3-4-5-12(15)10-7-6-9(13)8-11(10)14/h2,6-8,12H,1,3-5,15H2. The van der Waals surface area contributed by atoms with Gasteiger partial charge in [0, 0.05) is 15.0 Å². The smallest absolute Gasteiger partial charge is 0.0306 e. The van der Waals surface area contributed by atoms with Gasteiger partial charge in [-0.05, 0) is 37.0 Å². The van der Waals surface area contributed by atoms with Crippen LogP contribution in [0, 0.1) is 0 Å². The highest BCUT2D eigenvalue weighted by Crippen LogP contribution is 2.28. The molecule has 0 bridgehead atoms. The Kier molecular flexibility index (Phi) is 5.58. The second kappa shape index (κ2) is 6.46. The van der Waals surface area contributed by atoms with Crippen molar-refractivity contribution in [2.24, 2.45) is 5.73 Å². The molecule has 0 aliphatic carbocycles. The van der Waals surface area contributed by atoms with E-state index in [1.807, 2.05) is 18.2 Å². The first-order valence-corrected chi connectivity index (χ1v) is 6.55. The van der Waals surface area contributed by atoms with E-state index in [9.17, 15) is 0 Å². The molecule has 2 N–H and O–H groups in total. The first kappa shape index (κ1) is 12.9. The van der Waals surface area contributed by atoms with Gasteiger partial charge in [0.25, 0.3) is 0 Å². The summed E-state index contributed by atoms with van der Waals surface area (Å²) in [6.45, 7) is 3.70. The molecule has 0 aromatic heterocycles. The van der Waals surface area contributed by atoms with Crippen molar-refractivity contribution in [1.29, 1.82) is 0 Å². The topological polar surface area (TPSA) is 26.0 Å². The van der Waals surface area contributed by atoms with Crippen LogP contribution in [0.2, 0.25) is 0 Å². The number of unbranched alkanes of at least 4 members (excludes halogenated alkanes) is 1. The molecule has 0 fully saturated rings. The molecule has 1 aromatic rings. The summed E-state index contributed by atoms with van der Waals surface area (Å²) in [5.41, 5.74) is 7.28. The van der Waals surface area contributed by atoms with Gasteiger partial charge in [-0.2, -0.15) is 0 Å². The molecule has 1 nitrogen and oxygen atoms in total. The van der Waals surface area contributed by atoms with Crippen LogP contribution in [0.5, 0.6) is 0 Å². The second-order valence-electron chi connectivity index (χ2n) is 3.49. The van der Waals surface area contributed by atoms with Gasteiger partial charge in [-0.1, -0.05) is 44.0 Å². The average Bonchev–Trinajstić information content (AvgIpc) is 2.17. The van der Waals surface area contributed by atoms with Crippen LogP contribution in [0.25, 0.3) is 0 Å². The van der Waals surface area contributed by atoms with E-state index in [1.165, 1.54) is 5.56 Å². The molecule has 1 aromatic carbocycles. The van der Waals surface area contributed by atoms with Crippen LogP contribution in [0.1, 0.15) is 30.9 Å². The number of hydrogen-bond donors (Lipinski definition) is 1. The molecule has 0 aliphatic heterocycles. The Morgan fingerprint density at radius 3 is 2.73 bits per heavy atom. The number of benzene rings is 1. The fraction of sp³-hybridized carbons (Fsp3) is 0.333. The number of nitrogens with two attached hydrogens (primary N) is 1. The van der Waals surface area contributed by atoms with Crippen molar-refractivity contribution < 1.29 is 0 Å². The highest BCUT2D eigenvalue weighted by Gasteiger charge is 2.09. The van der Waals surface area contributed by atoms with Crippen molar-refractivity contribution in [2.45, 2.75) is 25.3 Å². The van der Waals surface area contributed by atoms with E-state index >= 15 is 0 Å². The molecular formula is C12H15Br2N. The van der Waals surface area contributed by atoms with Gasteiger partial charge in [0.2, 0.25) is 0 Å². The molecule has 1 atom stereocenters. The van der Waals surface area contributed by atoms with Gasteiger partial charge in [0.15, 0.2) is 0 Å². The van der Waals surface area contributed by atoms with Gasteiger partial charge >= 0.3 is 0 Å². The molecule has 1 rings (SSSR count). The molecule has 82 valence electrons. The Bertz CT molecular complexity index is 336. The summed E-state index contributed by atoms with van der Waals surface area (Å²) in [5, 5.41) is 0. The van der Waals surface area contributed by atoms with Gasteiger partial charge in [0.05, 0.1) is 0 Å². The number of halogens is 2. The zero-order valence-electron chi connectivity index (χ0n) is 8.55. The average molecular weight is 333 g/mol.